The van der Waals surface area contributed by atoms with E-state index in [2.05, 4.69) is 10.6 Å². The van der Waals surface area contributed by atoms with Crippen LogP contribution >= 0.6 is 22.6 Å². The average Bonchev–Trinajstić information content (AvgIpc) is 2.89. The number of nitrogens with one attached hydrogen (secondary N) is 2. The highest BCUT2D eigenvalue weighted by Gasteiger charge is 2.33. The number of ether oxygens (including phenoxy) is 1. The molecule has 1 aliphatic heterocycles. The third-order valence-electron chi connectivity index (χ3n) is 3.35. The Labute approximate surface area is 136 Å². The largest absolute Gasteiger partial charge is 0.478 e. The number of halogens is 1. The highest BCUT2D eigenvalue weighted by molar-refractivity contribution is 14.1. The van der Waals surface area contributed by atoms with Crippen LogP contribution in [0.15, 0.2) is 18.2 Å². The van der Waals surface area contributed by atoms with E-state index in [1.165, 1.54) is 6.07 Å². The highest BCUT2D eigenvalue weighted by Crippen LogP contribution is 2.22. The third kappa shape index (κ3) is 3.92. The van der Waals surface area contributed by atoms with E-state index in [1.54, 1.807) is 12.1 Å². The number of carbonyl (C=O) groups excluding carboxylic acids is 1. The van der Waals surface area contributed by atoms with E-state index in [9.17, 15) is 14.7 Å². The molecule has 1 amide bonds. The van der Waals surface area contributed by atoms with Gasteiger partial charge in [-0.15, -0.1) is 0 Å². The van der Waals surface area contributed by atoms with Crippen LogP contribution in [0.5, 0.6) is 0 Å². The molecule has 0 bridgehead atoms. The second-order valence-corrected chi connectivity index (χ2v) is 6.04. The maximum absolute atomic E-state index is 12.3. The lowest BCUT2D eigenvalue weighted by Gasteiger charge is -2.18. The van der Waals surface area contributed by atoms with Gasteiger partial charge in [0.15, 0.2) is 0 Å². The molecule has 1 saturated heterocycles. The van der Waals surface area contributed by atoms with Crippen molar-refractivity contribution in [1.29, 1.82) is 0 Å². The number of hydrogen-bond acceptors (Lipinski definition) is 4. The maximum Gasteiger partial charge on any atom is 0.337 e. The molecule has 1 aromatic carbocycles. The summed E-state index contributed by atoms with van der Waals surface area (Å²) < 4.78 is 6.14. The quantitative estimate of drug-likeness (QED) is 0.649. The summed E-state index contributed by atoms with van der Waals surface area (Å²) in [4.78, 5) is 23.6. The van der Waals surface area contributed by atoms with E-state index in [4.69, 9.17) is 4.74 Å². The van der Waals surface area contributed by atoms with Gasteiger partial charge >= 0.3 is 5.97 Å². The molecule has 3 N–H and O–H groups in total. The van der Waals surface area contributed by atoms with Crippen LogP contribution in [0.3, 0.4) is 0 Å². The number of amides is 1. The van der Waals surface area contributed by atoms with Crippen molar-refractivity contribution in [3.8, 4) is 0 Å². The van der Waals surface area contributed by atoms with Gasteiger partial charge in [0.05, 0.1) is 30.4 Å². The minimum atomic E-state index is -1.06. The Morgan fingerprint density at radius 1 is 1.43 bits per heavy atom. The number of rotatable bonds is 5. The first-order chi connectivity index (χ1) is 10.0. The van der Waals surface area contributed by atoms with Crippen LogP contribution in [0.1, 0.15) is 17.3 Å². The molecule has 2 unspecified atom stereocenters. The summed E-state index contributed by atoms with van der Waals surface area (Å²) in [6.45, 7) is 3.55. The van der Waals surface area contributed by atoms with E-state index >= 15 is 0 Å². The molecule has 1 aliphatic rings. The lowest BCUT2D eigenvalue weighted by molar-refractivity contribution is -0.120. The number of carboxylic acid groups (broad SMARTS) is 1. The molecule has 0 saturated carbocycles. The normalized spacial score (nSPS) is 21.2. The van der Waals surface area contributed by atoms with Crippen LogP contribution < -0.4 is 10.6 Å². The van der Waals surface area contributed by atoms with Gasteiger partial charge in [0, 0.05) is 9.61 Å². The van der Waals surface area contributed by atoms with Crippen LogP contribution in [0.25, 0.3) is 0 Å². The average molecular weight is 404 g/mol. The number of aromatic carboxylic acids is 1. The van der Waals surface area contributed by atoms with Crippen molar-refractivity contribution in [2.75, 3.05) is 25.1 Å². The summed E-state index contributed by atoms with van der Waals surface area (Å²) in [5, 5.41) is 15.1. The standard InChI is InChI=1S/C14H17IN2O4/c1-2-16-12-7-21-6-10(12)13(18)17-11-4-3-8(15)5-9(11)14(19)20/h3-5,10,12,16H,2,6-7H2,1H3,(H,17,18)(H,19,20). The van der Waals surface area contributed by atoms with Crippen molar-refractivity contribution >= 4 is 40.2 Å². The molecule has 0 aromatic heterocycles. The molecule has 0 aliphatic carbocycles. The molecule has 0 spiro atoms. The number of likely N-dealkylation sites (N-methyl/N-ethyl adjacent to an activating group) is 1. The van der Waals surface area contributed by atoms with Crippen LogP contribution in [-0.4, -0.2) is 42.8 Å². The van der Waals surface area contributed by atoms with Gasteiger partial charge in [-0.3, -0.25) is 4.79 Å². The van der Waals surface area contributed by atoms with Gasteiger partial charge in [-0.05, 0) is 47.3 Å². The summed E-state index contributed by atoms with van der Waals surface area (Å²) >= 11 is 2.04. The zero-order valence-corrected chi connectivity index (χ0v) is 13.7. The van der Waals surface area contributed by atoms with Crippen LogP contribution in [0.4, 0.5) is 5.69 Å². The third-order valence-corrected chi connectivity index (χ3v) is 4.02. The summed E-state index contributed by atoms with van der Waals surface area (Å²) in [7, 11) is 0. The summed E-state index contributed by atoms with van der Waals surface area (Å²) in [5.74, 6) is -1.59. The molecule has 7 heteroatoms. The van der Waals surface area contributed by atoms with Gasteiger partial charge in [-0.25, -0.2) is 4.79 Å². The lowest BCUT2D eigenvalue weighted by Crippen LogP contribution is -2.41. The van der Waals surface area contributed by atoms with Crippen LogP contribution in [0, 0.1) is 9.49 Å². The second-order valence-electron chi connectivity index (χ2n) is 4.79. The Kier molecular flexibility index (Phi) is 5.54. The second kappa shape index (κ2) is 7.19. The molecule has 6 nitrogen and oxygen atoms in total. The fourth-order valence-corrected chi connectivity index (χ4v) is 2.80. The molecule has 21 heavy (non-hydrogen) atoms. The Hall–Kier alpha value is -1.19. The Morgan fingerprint density at radius 3 is 2.86 bits per heavy atom. The molecule has 114 valence electrons. The number of anilines is 1. The Morgan fingerprint density at radius 2 is 2.19 bits per heavy atom. The lowest BCUT2D eigenvalue weighted by atomic mass is 10.0. The van der Waals surface area contributed by atoms with Crippen molar-refractivity contribution in [2.24, 2.45) is 5.92 Å². The molecular formula is C14H17IN2O4. The topological polar surface area (TPSA) is 87.7 Å². The first kappa shape index (κ1) is 16.2. The number of benzene rings is 1. The van der Waals surface area contributed by atoms with Gasteiger partial charge in [-0.2, -0.15) is 0 Å². The Bertz CT molecular complexity index is 550. The predicted octanol–water partition coefficient (Wildman–Crippen LogP) is 1.55. The fourth-order valence-electron chi connectivity index (χ4n) is 2.30. The van der Waals surface area contributed by atoms with Crippen molar-refractivity contribution in [1.82, 2.24) is 5.32 Å². The van der Waals surface area contributed by atoms with E-state index in [0.29, 0.717) is 18.9 Å². The number of hydrogen-bond donors (Lipinski definition) is 3. The summed E-state index contributed by atoms with van der Waals surface area (Å²) in [6, 6.07) is 4.87. The first-order valence-corrected chi connectivity index (χ1v) is 7.75. The van der Waals surface area contributed by atoms with E-state index in [0.717, 1.165) is 10.1 Å². The molecule has 1 heterocycles. The minimum absolute atomic E-state index is 0.0351. The maximum atomic E-state index is 12.3. The van der Waals surface area contributed by atoms with E-state index in [-0.39, 0.29) is 23.4 Å². The molecule has 1 fully saturated rings. The van der Waals surface area contributed by atoms with Gasteiger partial charge in [-0.1, -0.05) is 6.92 Å². The summed E-state index contributed by atoms with van der Waals surface area (Å²) in [6.07, 6.45) is 0. The first-order valence-electron chi connectivity index (χ1n) is 6.67. The minimum Gasteiger partial charge on any atom is -0.478 e. The molecule has 0 radical (unpaired) electrons. The predicted molar refractivity (Wildman–Crippen MR) is 86.5 cm³/mol. The monoisotopic (exact) mass is 404 g/mol. The van der Waals surface area contributed by atoms with E-state index < -0.39 is 5.97 Å². The number of carbonyl (C=O) groups is 2. The molecule has 2 rings (SSSR count). The molecule has 1 aromatic rings. The van der Waals surface area contributed by atoms with E-state index in [1.807, 2.05) is 29.5 Å². The van der Waals surface area contributed by atoms with Gasteiger partial charge < -0.3 is 20.5 Å². The van der Waals surface area contributed by atoms with Crippen molar-refractivity contribution in [2.45, 2.75) is 13.0 Å². The highest BCUT2D eigenvalue weighted by atomic mass is 127. The van der Waals surface area contributed by atoms with Gasteiger partial charge in [0.2, 0.25) is 5.91 Å². The smallest absolute Gasteiger partial charge is 0.337 e. The zero-order chi connectivity index (χ0) is 15.4. The fraction of sp³-hybridized carbons (Fsp3) is 0.429. The van der Waals surface area contributed by atoms with Gasteiger partial charge in [0.25, 0.3) is 0 Å². The zero-order valence-electron chi connectivity index (χ0n) is 11.6. The van der Waals surface area contributed by atoms with Gasteiger partial charge in [0.1, 0.15) is 0 Å². The van der Waals surface area contributed by atoms with Crippen LogP contribution in [0.2, 0.25) is 0 Å². The van der Waals surface area contributed by atoms with Crippen LogP contribution in [-0.2, 0) is 9.53 Å². The van der Waals surface area contributed by atoms with Crippen molar-refractivity contribution < 1.29 is 19.4 Å². The molecule has 2 atom stereocenters. The molecular weight excluding hydrogens is 387 g/mol. The van der Waals surface area contributed by atoms with Crippen molar-refractivity contribution in [3.63, 3.8) is 0 Å². The number of carboxylic acids is 1. The Balaban J connectivity index is 2.14. The SMILES string of the molecule is CCNC1COCC1C(=O)Nc1ccc(I)cc1C(=O)O. The van der Waals surface area contributed by atoms with Crippen molar-refractivity contribution in [3.05, 3.63) is 27.3 Å². The summed E-state index contributed by atoms with van der Waals surface area (Å²) in [5.41, 5.74) is 0.407.